The largest absolute Gasteiger partial charge is 0.462 e. The van der Waals surface area contributed by atoms with Crippen molar-refractivity contribution in [2.45, 2.75) is 285 Å². The van der Waals surface area contributed by atoms with Crippen LogP contribution in [0.25, 0.3) is 0 Å². The van der Waals surface area contributed by atoms with Gasteiger partial charge in [0.25, 0.3) is 0 Å². The molecule has 0 N–H and O–H groups in total. The van der Waals surface area contributed by atoms with E-state index in [2.05, 4.69) is 34.6 Å². The van der Waals surface area contributed by atoms with E-state index in [-0.39, 0.29) is 31.1 Å². The van der Waals surface area contributed by atoms with Crippen LogP contribution in [0.15, 0.2) is 0 Å². The fraction of sp³-hybridized carbons (Fsp3) is 0.941. The molecule has 1 atom stereocenters. The van der Waals surface area contributed by atoms with Gasteiger partial charge in [0.1, 0.15) is 13.2 Å². The molecule has 0 aromatic rings. The Labute approximate surface area is 355 Å². The van der Waals surface area contributed by atoms with Crippen molar-refractivity contribution in [2.75, 3.05) is 13.2 Å². The van der Waals surface area contributed by atoms with Crippen LogP contribution in [0, 0.1) is 11.8 Å². The monoisotopic (exact) mass is 807 g/mol. The molecule has 0 aliphatic rings. The number of hydrogen-bond acceptors (Lipinski definition) is 6. The van der Waals surface area contributed by atoms with E-state index in [4.69, 9.17) is 14.2 Å². The first-order valence-electron chi connectivity index (χ1n) is 25.2. The van der Waals surface area contributed by atoms with Crippen molar-refractivity contribution in [2.24, 2.45) is 11.8 Å². The van der Waals surface area contributed by atoms with Gasteiger partial charge < -0.3 is 14.2 Å². The lowest BCUT2D eigenvalue weighted by Gasteiger charge is -2.18. The quantitative estimate of drug-likeness (QED) is 0.0346. The van der Waals surface area contributed by atoms with Crippen molar-refractivity contribution in [1.29, 1.82) is 0 Å². The summed E-state index contributed by atoms with van der Waals surface area (Å²) in [6.45, 7) is 11.3. The maximum atomic E-state index is 12.8. The smallest absolute Gasteiger partial charge is 0.306 e. The molecule has 0 heterocycles. The van der Waals surface area contributed by atoms with Gasteiger partial charge in [-0.25, -0.2) is 0 Å². The van der Waals surface area contributed by atoms with Crippen LogP contribution in [0.1, 0.15) is 279 Å². The van der Waals surface area contributed by atoms with Gasteiger partial charge in [-0.05, 0) is 31.1 Å². The summed E-state index contributed by atoms with van der Waals surface area (Å²) in [6.07, 6.45) is 43.8. The molecule has 0 aliphatic heterocycles. The predicted molar refractivity (Wildman–Crippen MR) is 243 cm³/mol. The first-order chi connectivity index (χ1) is 27.7. The maximum Gasteiger partial charge on any atom is 0.306 e. The second kappa shape index (κ2) is 44.0. The Kier molecular flexibility index (Phi) is 42.7. The van der Waals surface area contributed by atoms with Crippen LogP contribution in [0.2, 0.25) is 0 Å². The number of unbranched alkanes of at least 4 members (excludes halogenated alkanes) is 30. The van der Waals surface area contributed by atoms with Crippen LogP contribution < -0.4 is 0 Å². The molecule has 0 unspecified atom stereocenters. The first-order valence-corrected chi connectivity index (χ1v) is 25.2. The summed E-state index contributed by atoms with van der Waals surface area (Å²) in [5.74, 6) is 0.744. The van der Waals surface area contributed by atoms with Gasteiger partial charge in [-0.1, -0.05) is 240 Å². The fourth-order valence-corrected chi connectivity index (χ4v) is 7.64. The molecule has 57 heavy (non-hydrogen) atoms. The number of hydrogen-bond donors (Lipinski definition) is 0. The van der Waals surface area contributed by atoms with Gasteiger partial charge in [-0.2, -0.15) is 0 Å². The van der Waals surface area contributed by atoms with Crippen molar-refractivity contribution >= 4 is 17.9 Å². The van der Waals surface area contributed by atoms with Crippen LogP contribution in [-0.2, 0) is 28.6 Å². The Morgan fingerprint density at radius 3 is 0.860 bits per heavy atom. The minimum atomic E-state index is -0.762. The number of carbonyl (C=O) groups is 3. The van der Waals surface area contributed by atoms with Crippen molar-refractivity contribution in [1.82, 2.24) is 0 Å². The van der Waals surface area contributed by atoms with E-state index in [1.165, 1.54) is 167 Å². The molecule has 0 rings (SSSR count). The summed E-state index contributed by atoms with van der Waals surface area (Å²) in [7, 11) is 0. The molecule has 6 nitrogen and oxygen atoms in total. The number of ether oxygens (including phenoxy) is 3. The Balaban J connectivity index is 4.29. The lowest BCUT2D eigenvalue weighted by molar-refractivity contribution is -0.167. The number of esters is 3. The number of carbonyl (C=O) groups excluding carboxylic acids is 3. The molecule has 0 spiro atoms. The third-order valence-electron chi connectivity index (χ3n) is 11.5. The fourth-order valence-electron chi connectivity index (χ4n) is 7.64. The van der Waals surface area contributed by atoms with E-state index >= 15 is 0 Å². The summed E-state index contributed by atoms with van der Waals surface area (Å²) in [6, 6.07) is 0. The molecule has 0 bridgehead atoms. The van der Waals surface area contributed by atoms with E-state index in [9.17, 15) is 14.4 Å². The highest BCUT2D eigenvalue weighted by Crippen LogP contribution is 2.17. The first kappa shape index (κ1) is 55.4. The third-order valence-corrected chi connectivity index (χ3v) is 11.5. The minimum Gasteiger partial charge on any atom is -0.462 e. The standard InChI is InChI=1S/C51H98O6/c1-6-7-8-9-10-11-12-13-14-15-16-17-21-26-31-36-41-49(52)55-44-48(45-56-50(53)42-37-32-28-23-25-30-35-40-47(4)5)57-51(54)43-38-33-27-22-19-18-20-24-29-34-39-46(2)3/h46-48H,6-45H2,1-5H3/t48-/m1/s1. The Morgan fingerprint density at radius 2 is 0.579 bits per heavy atom. The summed E-state index contributed by atoms with van der Waals surface area (Å²) in [5, 5.41) is 0. The average Bonchev–Trinajstić information content (AvgIpc) is 3.18. The zero-order valence-corrected chi connectivity index (χ0v) is 39.0. The lowest BCUT2D eigenvalue weighted by Crippen LogP contribution is -2.30. The molecule has 0 saturated heterocycles. The van der Waals surface area contributed by atoms with Gasteiger partial charge in [0.05, 0.1) is 0 Å². The van der Waals surface area contributed by atoms with Gasteiger partial charge >= 0.3 is 17.9 Å². The maximum absolute atomic E-state index is 12.8. The summed E-state index contributed by atoms with van der Waals surface area (Å²) >= 11 is 0. The normalized spacial score (nSPS) is 12.1. The predicted octanol–water partition coefficient (Wildman–Crippen LogP) is 16.1. The molecular weight excluding hydrogens is 709 g/mol. The van der Waals surface area contributed by atoms with E-state index in [0.717, 1.165) is 69.6 Å². The zero-order chi connectivity index (χ0) is 41.9. The van der Waals surface area contributed by atoms with Crippen molar-refractivity contribution < 1.29 is 28.6 Å². The molecule has 0 fully saturated rings. The molecule has 0 saturated carbocycles. The Bertz CT molecular complexity index is 870. The summed E-state index contributed by atoms with van der Waals surface area (Å²) in [4.78, 5) is 37.8. The van der Waals surface area contributed by atoms with E-state index in [0.29, 0.717) is 19.3 Å². The highest BCUT2D eigenvalue weighted by molar-refractivity contribution is 5.71. The second-order valence-electron chi connectivity index (χ2n) is 18.4. The molecule has 338 valence electrons. The van der Waals surface area contributed by atoms with Crippen molar-refractivity contribution in [3.63, 3.8) is 0 Å². The molecular formula is C51H98O6. The molecule has 0 amide bonds. The van der Waals surface area contributed by atoms with Crippen LogP contribution in [0.5, 0.6) is 0 Å². The molecule has 0 aromatic carbocycles. The van der Waals surface area contributed by atoms with Crippen LogP contribution in [0.3, 0.4) is 0 Å². The second-order valence-corrected chi connectivity index (χ2v) is 18.4. The zero-order valence-electron chi connectivity index (χ0n) is 39.0. The third kappa shape index (κ3) is 45.3. The molecule has 0 aromatic heterocycles. The molecule has 6 heteroatoms. The summed E-state index contributed by atoms with van der Waals surface area (Å²) < 4.78 is 16.8. The van der Waals surface area contributed by atoms with Gasteiger partial charge in [0.2, 0.25) is 0 Å². The summed E-state index contributed by atoms with van der Waals surface area (Å²) in [5.41, 5.74) is 0. The minimum absolute atomic E-state index is 0.0645. The van der Waals surface area contributed by atoms with E-state index < -0.39 is 6.10 Å². The van der Waals surface area contributed by atoms with Crippen LogP contribution in [0.4, 0.5) is 0 Å². The topological polar surface area (TPSA) is 78.9 Å². The highest BCUT2D eigenvalue weighted by Gasteiger charge is 2.19. The Hall–Kier alpha value is -1.59. The van der Waals surface area contributed by atoms with E-state index in [1.54, 1.807) is 0 Å². The highest BCUT2D eigenvalue weighted by atomic mass is 16.6. The SMILES string of the molecule is CCCCCCCCCCCCCCCCCCC(=O)OC[C@H](COC(=O)CCCCCCCCCC(C)C)OC(=O)CCCCCCCCCCCCC(C)C. The van der Waals surface area contributed by atoms with E-state index in [1.807, 2.05) is 0 Å². The van der Waals surface area contributed by atoms with Crippen LogP contribution >= 0.6 is 0 Å². The lowest BCUT2D eigenvalue weighted by atomic mass is 10.0. The van der Waals surface area contributed by atoms with Gasteiger partial charge in [-0.3, -0.25) is 14.4 Å². The molecule has 0 aliphatic carbocycles. The van der Waals surface area contributed by atoms with Crippen molar-refractivity contribution in [3.05, 3.63) is 0 Å². The van der Waals surface area contributed by atoms with Crippen LogP contribution in [-0.4, -0.2) is 37.2 Å². The van der Waals surface area contributed by atoms with Gasteiger partial charge in [-0.15, -0.1) is 0 Å². The molecule has 0 radical (unpaired) electrons. The van der Waals surface area contributed by atoms with Gasteiger partial charge in [0, 0.05) is 19.3 Å². The number of rotatable bonds is 45. The average molecular weight is 807 g/mol. The van der Waals surface area contributed by atoms with Crippen molar-refractivity contribution in [3.8, 4) is 0 Å². The Morgan fingerprint density at radius 1 is 0.333 bits per heavy atom. The van der Waals surface area contributed by atoms with Gasteiger partial charge in [0.15, 0.2) is 6.10 Å².